The Morgan fingerprint density at radius 1 is 1.05 bits per heavy atom. The zero-order chi connectivity index (χ0) is 28.5. The summed E-state index contributed by atoms with van der Waals surface area (Å²) in [4.78, 5) is 30.0. The van der Waals surface area contributed by atoms with E-state index in [-0.39, 0.29) is 12.0 Å². The van der Waals surface area contributed by atoms with E-state index in [1.165, 1.54) is 7.11 Å². The van der Waals surface area contributed by atoms with Gasteiger partial charge in [0, 0.05) is 55.4 Å². The van der Waals surface area contributed by atoms with E-state index in [1.54, 1.807) is 17.9 Å². The summed E-state index contributed by atoms with van der Waals surface area (Å²) in [6.45, 7) is 15.4. The Labute approximate surface area is 231 Å². The first-order valence-electron chi connectivity index (χ1n) is 13.5. The van der Waals surface area contributed by atoms with Crippen LogP contribution in [0.5, 0.6) is 5.75 Å². The number of aromatic nitrogens is 1. The zero-order valence-electron chi connectivity index (χ0n) is 24.4. The molecule has 0 N–H and O–H groups in total. The first-order valence-corrected chi connectivity index (χ1v) is 13.5. The number of piperazine rings is 1. The van der Waals surface area contributed by atoms with Gasteiger partial charge in [0.05, 0.1) is 25.3 Å². The van der Waals surface area contributed by atoms with Gasteiger partial charge in [-0.2, -0.15) is 0 Å². The third-order valence-electron chi connectivity index (χ3n) is 7.37. The van der Waals surface area contributed by atoms with Gasteiger partial charge in [0.1, 0.15) is 11.4 Å². The molecule has 3 aromatic rings. The molecule has 8 heteroatoms. The fourth-order valence-corrected chi connectivity index (χ4v) is 5.35. The third kappa shape index (κ3) is 6.12. The molecule has 1 saturated heterocycles. The number of fused-ring (bicyclic) bond motifs is 1. The summed E-state index contributed by atoms with van der Waals surface area (Å²) in [6.07, 6.45) is 1.39. The lowest BCUT2D eigenvalue weighted by Crippen LogP contribution is -2.50. The normalized spacial score (nSPS) is 17.0. The number of ether oxygens (including phenoxy) is 3. The van der Waals surface area contributed by atoms with Gasteiger partial charge in [-0.05, 0) is 76.9 Å². The lowest BCUT2D eigenvalue weighted by Gasteiger charge is -2.43. The van der Waals surface area contributed by atoms with Gasteiger partial charge in [-0.15, -0.1) is 0 Å². The van der Waals surface area contributed by atoms with E-state index in [1.807, 2.05) is 64.1 Å². The number of aryl methyl sites for hydroxylation is 1. The van der Waals surface area contributed by atoms with Gasteiger partial charge < -0.3 is 14.2 Å². The Balaban J connectivity index is 1.73. The van der Waals surface area contributed by atoms with E-state index >= 15 is 0 Å². The van der Waals surface area contributed by atoms with E-state index < -0.39 is 11.7 Å². The Morgan fingerprint density at radius 2 is 1.74 bits per heavy atom. The van der Waals surface area contributed by atoms with Crippen LogP contribution in [0.2, 0.25) is 0 Å². The summed E-state index contributed by atoms with van der Waals surface area (Å²) in [5, 5.41) is 0.976. The predicted molar refractivity (Wildman–Crippen MR) is 153 cm³/mol. The average Bonchev–Trinajstić information content (AvgIpc) is 3.35. The van der Waals surface area contributed by atoms with Crippen LogP contribution in [0.25, 0.3) is 10.9 Å². The predicted octanol–water partition coefficient (Wildman–Crippen LogP) is 5.80. The van der Waals surface area contributed by atoms with Crippen molar-refractivity contribution in [3.8, 4) is 5.75 Å². The summed E-state index contributed by atoms with van der Waals surface area (Å²) in [5.74, 6) is 0.458. The molecule has 0 saturated carbocycles. The number of carbonyl (C=O) groups excluding carboxylic acids is 2. The molecular formula is C31H41N3O5. The van der Waals surface area contributed by atoms with Crippen molar-refractivity contribution in [1.29, 1.82) is 0 Å². The monoisotopic (exact) mass is 535 g/mol. The molecule has 1 unspecified atom stereocenters. The molecule has 1 fully saturated rings. The zero-order valence-corrected chi connectivity index (χ0v) is 24.4. The number of carbonyl (C=O) groups is 2. The molecule has 1 atom stereocenters. The average molecular weight is 536 g/mol. The Morgan fingerprint density at radius 3 is 2.33 bits per heavy atom. The number of methoxy groups -OCH3 is 2. The van der Waals surface area contributed by atoms with Gasteiger partial charge in [0.25, 0.3) is 0 Å². The number of esters is 1. The Kier molecular flexibility index (Phi) is 8.37. The van der Waals surface area contributed by atoms with Crippen LogP contribution in [0.15, 0.2) is 42.6 Å². The van der Waals surface area contributed by atoms with Crippen LogP contribution in [-0.4, -0.2) is 71.9 Å². The SMILES string of the molecule is COC(=O)c1ccc(C2CN(C(C)C)CCN2Cc2c(OC)cc(C)c3c2ccn3C(=O)OC(C)(C)C)cc1. The van der Waals surface area contributed by atoms with Crippen molar-refractivity contribution in [2.75, 3.05) is 33.9 Å². The van der Waals surface area contributed by atoms with Gasteiger partial charge in [-0.25, -0.2) is 9.59 Å². The van der Waals surface area contributed by atoms with Crippen LogP contribution in [0.1, 0.15) is 67.7 Å². The lowest BCUT2D eigenvalue weighted by molar-refractivity contribution is 0.0504. The standard InChI is InChI=1S/C31H41N3O5/c1-20(2)32-15-16-33(26(19-32)22-9-11-23(12-10-22)29(35)38-8)18-25-24-13-14-34(30(36)39-31(4,5)6)28(24)21(3)17-27(25)37-7/h9-14,17,20,26H,15-16,18-19H2,1-8H3. The van der Waals surface area contributed by atoms with Crippen LogP contribution < -0.4 is 4.74 Å². The second kappa shape index (κ2) is 11.4. The van der Waals surface area contributed by atoms with E-state index in [9.17, 15) is 9.59 Å². The molecule has 210 valence electrons. The van der Waals surface area contributed by atoms with Gasteiger partial charge >= 0.3 is 12.1 Å². The van der Waals surface area contributed by atoms with Gasteiger partial charge in [0.2, 0.25) is 0 Å². The Bertz CT molecular complexity index is 1340. The minimum Gasteiger partial charge on any atom is -0.496 e. The topological polar surface area (TPSA) is 73.2 Å². The van der Waals surface area contributed by atoms with Crippen LogP contribution in [0.4, 0.5) is 4.79 Å². The van der Waals surface area contributed by atoms with Crippen molar-refractivity contribution < 1.29 is 23.8 Å². The fraction of sp³-hybridized carbons (Fsp3) is 0.484. The first kappa shape index (κ1) is 28.6. The molecule has 2 aromatic carbocycles. The highest BCUT2D eigenvalue weighted by atomic mass is 16.6. The van der Waals surface area contributed by atoms with Crippen molar-refractivity contribution in [3.05, 3.63) is 64.8 Å². The molecule has 0 aliphatic carbocycles. The number of benzene rings is 2. The highest BCUT2D eigenvalue weighted by molar-refractivity contribution is 5.95. The molecule has 8 nitrogen and oxygen atoms in total. The van der Waals surface area contributed by atoms with Crippen LogP contribution >= 0.6 is 0 Å². The molecule has 2 heterocycles. The van der Waals surface area contributed by atoms with Crippen molar-refractivity contribution in [3.63, 3.8) is 0 Å². The van der Waals surface area contributed by atoms with Crippen molar-refractivity contribution >= 4 is 23.0 Å². The van der Waals surface area contributed by atoms with Crippen molar-refractivity contribution in [1.82, 2.24) is 14.4 Å². The smallest absolute Gasteiger partial charge is 0.419 e. The van der Waals surface area contributed by atoms with Crippen molar-refractivity contribution in [2.24, 2.45) is 0 Å². The molecule has 4 rings (SSSR count). The van der Waals surface area contributed by atoms with Gasteiger partial charge in [-0.1, -0.05) is 12.1 Å². The molecule has 1 aliphatic rings. The number of rotatable bonds is 6. The maximum absolute atomic E-state index is 13.0. The molecule has 1 aliphatic heterocycles. The maximum atomic E-state index is 13.0. The summed E-state index contributed by atoms with van der Waals surface area (Å²) >= 11 is 0. The number of nitrogens with zero attached hydrogens (tertiary/aromatic N) is 3. The van der Waals surface area contributed by atoms with E-state index in [0.29, 0.717) is 18.2 Å². The third-order valence-corrected chi connectivity index (χ3v) is 7.37. The molecule has 0 bridgehead atoms. The van der Waals surface area contributed by atoms with Crippen LogP contribution in [0.3, 0.4) is 0 Å². The van der Waals surface area contributed by atoms with Crippen LogP contribution in [0, 0.1) is 6.92 Å². The molecular weight excluding hydrogens is 494 g/mol. The first-order chi connectivity index (χ1) is 18.4. The molecule has 0 radical (unpaired) electrons. The largest absolute Gasteiger partial charge is 0.496 e. The number of hydrogen-bond acceptors (Lipinski definition) is 7. The van der Waals surface area contributed by atoms with E-state index in [2.05, 4.69) is 23.6 Å². The minimum atomic E-state index is -0.594. The van der Waals surface area contributed by atoms with E-state index in [0.717, 1.165) is 53.0 Å². The summed E-state index contributed by atoms with van der Waals surface area (Å²) in [7, 11) is 3.08. The minimum absolute atomic E-state index is 0.113. The summed E-state index contributed by atoms with van der Waals surface area (Å²) in [6, 6.07) is 12.2. The fourth-order valence-electron chi connectivity index (χ4n) is 5.35. The molecule has 39 heavy (non-hydrogen) atoms. The quantitative estimate of drug-likeness (QED) is 0.370. The second-order valence-corrected chi connectivity index (χ2v) is 11.5. The molecule has 0 amide bonds. The van der Waals surface area contributed by atoms with E-state index in [4.69, 9.17) is 14.2 Å². The highest BCUT2D eigenvalue weighted by Gasteiger charge is 2.31. The number of hydrogen-bond donors (Lipinski definition) is 0. The molecule has 0 spiro atoms. The van der Waals surface area contributed by atoms with Crippen LogP contribution in [-0.2, 0) is 16.0 Å². The maximum Gasteiger partial charge on any atom is 0.419 e. The Hall–Kier alpha value is -3.36. The molecule has 1 aromatic heterocycles. The summed E-state index contributed by atoms with van der Waals surface area (Å²) < 4.78 is 18.0. The highest BCUT2D eigenvalue weighted by Crippen LogP contribution is 2.36. The second-order valence-electron chi connectivity index (χ2n) is 11.5. The van der Waals surface area contributed by atoms with Crippen molar-refractivity contribution in [2.45, 2.75) is 65.8 Å². The lowest BCUT2D eigenvalue weighted by atomic mass is 9.97. The van der Waals surface area contributed by atoms with Gasteiger partial charge in [0.15, 0.2) is 0 Å². The van der Waals surface area contributed by atoms with Gasteiger partial charge in [-0.3, -0.25) is 14.4 Å². The summed E-state index contributed by atoms with van der Waals surface area (Å²) in [5.41, 5.74) is 3.90.